The topological polar surface area (TPSA) is 86.0 Å². The van der Waals surface area contributed by atoms with E-state index in [1.807, 2.05) is 13.8 Å². The van der Waals surface area contributed by atoms with Crippen LogP contribution in [0.5, 0.6) is 0 Å². The molecular weight excluding hydrogens is 270 g/mol. The van der Waals surface area contributed by atoms with Crippen LogP contribution < -0.4 is 5.32 Å². The molecule has 1 fully saturated rings. The Bertz CT molecular complexity index is 607. The number of rotatable bonds is 4. The SMILES string of the molecule is Cc1cnc(NCc2nnc(C3CCCOC3)o2)nc1C. The zero-order valence-electron chi connectivity index (χ0n) is 12.3. The Kier molecular flexibility index (Phi) is 4.10. The first kappa shape index (κ1) is 13.9. The maximum absolute atomic E-state index is 5.68. The molecule has 7 nitrogen and oxygen atoms in total. The number of hydrogen-bond acceptors (Lipinski definition) is 7. The number of aromatic nitrogens is 4. The second-order valence-electron chi connectivity index (χ2n) is 5.26. The van der Waals surface area contributed by atoms with Crippen molar-refractivity contribution in [2.45, 2.75) is 39.2 Å². The Labute approximate surface area is 123 Å². The third kappa shape index (κ3) is 3.36. The van der Waals surface area contributed by atoms with Crippen molar-refractivity contribution in [3.05, 3.63) is 29.2 Å². The molecule has 2 aromatic rings. The summed E-state index contributed by atoms with van der Waals surface area (Å²) in [4.78, 5) is 8.57. The van der Waals surface area contributed by atoms with Crippen molar-refractivity contribution in [3.8, 4) is 0 Å². The van der Waals surface area contributed by atoms with E-state index < -0.39 is 0 Å². The maximum Gasteiger partial charge on any atom is 0.235 e. The van der Waals surface area contributed by atoms with Crippen molar-refractivity contribution in [1.29, 1.82) is 0 Å². The number of aryl methyl sites for hydroxylation is 2. The molecule has 1 atom stereocenters. The lowest BCUT2D eigenvalue weighted by atomic mass is 10.0. The van der Waals surface area contributed by atoms with Crippen LogP contribution in [0.15, 0.2) is 10.6 Å². The largest absolute Gasteiger partial charge is 0.423 e. The highest BCUT2D eigenvalue weighted by atomic mass is 16.5. The van der Waals surface area contributed by atoms with E-state index in [0.29, 0.717) is 30.9 Å². The van der Waals surface area contributed by atoms with Crippen molar-refractivity contribution in [2.75, 3.05) is 18.5 Å². The van der Waals surface area contributed by atoms with Gasteiger partial charge in [-0.1, -0.05) is 0 Å². The normalized spacial score (nSPS) is 18.7. The summed E-state index contributed by atoms with van der Waals surface area (Å²) in [7, 11) is 0. The summed E-state index contributed by atoms with van der Waals surface area (Å²) >= 11 is 0. The lowest BCUT2D eigenvalue weighted by Gasteiger charge is -2.18. The fraction of sp³-hybridized carbons (Fsp3) is 0.571. The predicted octanol–water partition coefficient (Wildman–Crippen LogP) is 1.98. The van der Waals surface area contributed by atoms with E-state index in [-0.39, 0.29) is 5.92 Å². The number of ether oxygens (including phenoxy) is 1. The van der Waals surface area contributed by atoms with Crippen LogP contribution in [-0.2, 0) is 11.3 Å². The van der Waals surface area contributed by atoms with Gasteiger partial charge in [0.05, 0.1) is 19.1 Å². The number of anilines is 1. The second-order valence-corrected chi connectivity index (χ2v) is 5.26. The number of nitrogens with zero attached hydrogens (tertiary/aromatic N) is 4. The van der Waals surface area contributed by atoms with E-state index in [2.05, 4.69) is 25.5 Å². The average Bonchev–Trinajstić information content (AvgIpc) is 2.98. The Hall–Kier alpha value is -2.02. The van der Waals surface area contributed by atoms with Gasteiger partial charge in [0, 0.05) is 18.5 Å². The molecule has 3 rings (SSSR count). The molecule has 1 aliphatic heterocycles. The second kappa shape index (κ2) is 6.17. The Balaban J connectivity index is 1.60. The molecule has 0 aromatic carbocycles. The van der Waals surface area contributed by atoms with E-state index in [1.54, 1.807) is 6.20 Å². The minimum atomic E-state index is 0.220. The number of hydrogen-bond donors (Lipinski definition) is 1. The lowest BCUT2D eigenvalue weighted by Crippen LogP contribution is -2.15. The molecule has 0 aliphatic carbocycles. The molecule has 0 bridgehead atoms. The summed E-state index contributed by atoms with van der Waals surface area (Å²) in [5, 5.41) is 11.3. The van der Waals surface area contributed by atoms with Gasteiger partial charge in [-0.15, -0.1) is 10.2 Å². The third-order valence-electron chi connectivity index (χ3n) is 3.61. The van der Waals surface area contributed by atoms with Gasteiger partial charge in [-0.2, -0.15) is 0 Å². The van der Waals surface area contributed by atoms with E-state index in [9.17, 15) is 0 Å². The Morgan fingerprint density at radius 3 is 3.00 bits per heavy atom. The molecule has 1 saturated heterocycles. The molecule has 1 unspecified atom stereocenters. The standard InChI is InChI=1S/C14H19N5O2/c1-9-6-15-14(17-10(9)2)16-7-12-18-19-13(21-12)11-4-3-5-20-8-11/h6,11H,3-5,7-8H2,1-2H3,(H,15,16,17). The van der Waals surface area contributed by atoms with E-state index in [0.717, 1.165) is 30.7 Å². The van der Waals surface area contributed by atoms with Gasteiger partial charge in [-0.3, -0.25) is 0 Å². The molecule has 7 heteroatoms. The third-order valence-corrected chi connectivity index (χ3v) is 3.61. The molecule has 0 spiro atoms. The van der Waals surface area contributed by atoms with Crippen LogP contribution in [0.3, 0.4) is 0 Å². The first-order chi connectivity index (χ1) is 10.2. The smallest absolute Gasteiger partial charge is 0.235 e. The molecule has 0 amide bonds. The van der Waals surface area contributed by atoms with Crippen LogP contribution in [0, 0.1) is 13.8 Å². The minimum Gasteiger partial charge on any atom is -0.423 e. The van der Waals surface area contributed by atoms with Crippen molar-refractivity contribution in [3.63, 3.8) is 0 Å². The molecule has 1 aliphatic rings. The monoisotopic (exact) mass is 289 g/mol. The van der Waals surface area contributed by atoms with Crippen LogP contribution in [0.25, 0.3) is 0 Å². The highest BCUT2D eigenvalue weighted by Gasteiger charge is 2.21. The van der Waals surface area contributed by atoms with Gasteiger partial charge in [0.1, 0.15) is 0 Å². The van der Waals surface area contributed by atoms with Crippen molar-refractivity contribution in [2.24, 2.45) is 0 Å². The molecule has 0 saturated carbocycles. The maximum atomic E-state index is 5.68. The van der Waals surface area contributed by atoms with Crippen LogP contribution in [-0.4, -0.2) is 33.4 Å². The predicted molar refractivity (Wildman–Crippen MR) is 75.9 cm³/mol. The van der Waals surface area contributed by atoms with E-state index >= 15 is 0 Å². The van der Waals surface area contributed by atoms with Gasteiger partial charge in [-0.05, 0) is 32.3 Å². The highest BCUT2D eigenvalue weighted by molar-refractivity contribution is 5.28. The first-order valence-corrected chi connectivity index (χ1v) is 7.16. The van der Waals surface area contributed by atoms with Crippen LogP contribution in [0.2, 0.25) is 0 Å². The Morgan fingerprint density at radius 2 is 2.24 bits per heavy atom. The zero-order chi connectivity index (χ0) is 14.7. The van der Waals surface area contributed by atoms with Crippen molar-refractivity contribution >= 4 is 5.95 Å². The van der Waals surface area contributed by atoms with Gasteiger partial charge < -0.3 is 14.5 Å². The fourth-order valence-electron chi connectivity index (χ4n) is 2.21. The van der Waals surface area contributed by atoms with Gasteiger partial charge in [0.25, 0.3) is 0 Å². The van der Waals surface area contributed by atoms with Gasteiger partial charge >= 0.3 is 0 Å². The number of nitrogens with one attached hydrogen (secondary N) is 1. The van der Waals surface area contributed by atoms with Crippen LogP contribution >= 0.6 is 0 Å². The quantitative estimate of drug-likeness (QED) is 0.921. The van der Waals surface area contributed by atoms with Crippen LogP contribution in [0.1, 0.15) is 41.8 Å². The molecule has 3 heterocycles. The lowest BCUT2D eigenvalue weighted by molar-refractivity contribution is 0.0722. The molecule has 1 N–H and O–H groups in total. The average molecular weight is 289 g/mol. The Morgan fingerprint density at radius 1 is 1.33 bits per heavy atom. The minimum absolute atomic E-state index is 0.220. The van der Waals surface area contributed by atoms with Crippen LogP contribution in [0.4, 0.5) is 5.95 Å². The summed E-state index contributed by atoms with van der Waals surface area (Å²) in [5.41, 5.74) is 2.02. The van der Waals surface area contributed by atoms with Gasteiger partial charge in [0.2, 0.25) is 17.7 Å². The molecule has 112 valence electrons. The fourth-order valence-corrected chi connectivity index (χ4v) is 2.21. The summed E-state index contributed by atoms with van der Waals surface area (Å²) in [6, 6.07) is 0. The van der Waals surface area contributed by atoms with E-state index in [1.165, 1.54) is 0 Å². The zero-order valence-corrected chi connectivity index (χ0v) is 12.3. The van der Waals surface area contributed by atoms with Crippen molar-refractivity contribution in [1.82, 2.24) is 20.2 Å². The van der Waals surface area contributed by atoms with Gasteiger partial charge in [0.15, 0.2) is 0 Å². The van der Waals surface area contributed by atoms with E-state index in [4.69, 9.17) is 9.15 Å². The highest BCUT2D eigenvalue weighted by Crippen LogP contribution is 2.24. The molecule has 2 aromatic heterocycles. The van der Waals surface area contributed by atoms with Crippen molar-refractivity contribution < 1.29 is 9.15 Å². The summed E-state index contributed by atoms with van der Waals surface area (Å²) < 4.78 is 11.1. The summed E-state index contributed by atoms with van der Waals surface area (Å²) in [6.45, 7) is 5.84. The first-order valence-electron chi connectivity index (χ1n) is 7.16. The summed E-state index contributed by atoms with van der Waals surface area (Å²) in [5.74, 6) is 1.99. The molecule has 0 radical (unpaired) electrons. The summed E-state index contributed by atoms with van der Waals surface area (Å²) in [6.07, 6.45) is 3.87. The molecule has 21 heavy (non-hydrogen) atoms. The molecular formula is C14H19N5O2. The van der Waals surface area contributed by atoms with Gasteiger partial charge in [-0.25, -0.2) is 9.97 Å².